The molecule has 1 aliphatic rings. The monoisotopic (exact) mass is 227 g/mol. The zero-order valence-electron chi connectivity index (χ0n) is 10.9. The van der Waals surface area contributed by atoms with Gasteiger partial charge in [0.1, 0.15) is 0 Å². The van der Waals surface area contributed by atoms with E-state index in [-0.39, 0.29) is 0 Å². The number of nitrogens with zero attached hydrogens (tertiary/aromatic N) is 1. The van der Waals surface area contributed by atoms with E-state index in [4.69, 9.17) is 0 Å². The van der Waals surface area contributed by atoms with Gasteiger partial charge in [-0.25, -0.2) is 0 Å². The van der Waals surface area contributed by atoms with Gasteiger partial charge in [-0.3, -0.25) is 0 Å². The standard InChI is InChI=1S/C16H21N/c1-4-14-10-11-17(13(2)3)12-16(14)15-8-6-5-7-9-15/h5-9H,2,4,10-12H2,1,3H3. The number of benzene rings is 1. The molecule has 1 aliphatic heterocycles. The molecule has 0 aromatic heterocycles. The average molecular weight is 227 g/mol. The summed E-state index contributed by atoms with van der Waals surface area (Å²) in [6.45, 7) is 10.6. The van der Waals surface area contributed by atoms with Crippen LogP contribution >= 0.6 is 0 Å². The van der Waals surface area contributed by atoms with E-state index in [1.165, 1.54) is 23.3 Å². The van der Waals surface area contributed by atoms with Crippen LogP contribution in [0.4, 0.5) is 0 Å². The smallest absolute Gasteiger partial charge is 0.0431 e. The lowest BCUT2D eigenvalue weighted by Crippen LogP contribution is -2.29. The Morgan fingerprint density at radius 2 is 2.00 bits per heavy atom. The summed E-state index contributed by atoms with van der Waals surface area (Å²) in [5.74, 6) is 0. The lowest BCUT2D eigenvalue weighted by atomic mass is 9.92. The molecular weight excluding hydrogens is 206 g/mol. The van der Waals surface area contributed by atoms with Crippen molar-refractivity contribution < 1.29 is 0 Å². The fourth-order valence-corrected chi connectivity index (χ4v) is 2.45. The fraction of sp³-hybridized carbons (Fsp3) is 0.375. The Balaban J connectivity index is 2.33. The van der Waals surface area contributed by atoms with E-state index in [0.717, 1.165) is 19.5 Å². The zero-order chi connectivity index (χ0) is 12.3. The zero-order valence-corrected chi connectivity index (χ0v) is 10.9. The Kier molecular flexibility index (Phi) is 3.68. The van der Waals surface area contributed by atoms with Gasteiger partial charge in [-0.05, 0) is 30.9 Å². The lowest BCUT2D eigenvalue weighted by Gasteiger charge is -2.32. The van der Waals surface area contributed by atoms with Gasteiger partial charge in [0.2, 0.25) is 0 Å². The van der Waals surface area contributed by atoms with Crippen LogP contribution in [-0.2, 0) is 0 Å². The first-order valence-electron chi connectivity index (χ1n) is 6.39. The van der Waals surface area contributed by atoms with Crippen molar-refractivity contribution in [3.8, 4) is 0 Å². The highest BCUT2D eigenvalue weighted by Gasteiger charge is 2.18. The summed E-state index contributed by atoms with van der Waals surface area (Å²) in [5, 5.41) is 0. The van der Waals surface area contributed by atoms with Gasteiger partial charge in [0.05, 0.1) is 0 Å². The molecule has 1 heterocycles. The third-order valence-electron chi connectivity index (χ3n) is 3.55. The molecule has 0 saturated heterocycles. The van der Waals surface area contributed by atoms with Crippen molar-refractivity contribution >= 4 is 5.57 Å². The number of hydrogen-bond acceptors (Lipinski definition) is 1. The first-order chi connectivity index (χ1) is 8.22. The minimum atomic E-state index is 1.02. The summed E-state index contributed by atoms with van der Waals surface area (Å²) in [6.07, 6.45) is 2.34. The molecule has 0 radical (unpaired) electrons. The van der Waals surface area contributed by atoms with Crippen LogP contribution < -0.4 is 0 Å². The molecule has 17 heavy (non-hydrogen) atoms. The highest BCUT2D eigenvalue weighted by atomic mass is 15.1. The molecule has 1 heteroatoms. The van der Waals surface area contributed by atoms with Crippen molar-refractivity contribution in [3.63, 3.8) is 0 Å². The Labute approximate surface area is 104 Å². The van der Waals surface area contributed by atoms with Crippen molar-refractivity contribution in [1.29, 1.82) is 0 Å². The highest BCUT2D eigenvalue weighted by Crippen LogP contribution is 2.29. The third-order valence-corrected chi connectivity index (χ3v) is 3.55. The molecule has 0 unspecified atom stereocenters. The van der Waals surface area contributed by atoms with Crippen LogP contribution in [0.5, 0.6) is 0 Å². The molecule has 0 N–H and O–H groups in total. The minimum absolute atomic E-state index is 1.02. The Hall–Kier alpha value is -1.50. The van der Waals surface area contributed by atoms with E-state index in [9.17, 15) is 0 Å². The van der Waals surface area contributed by atoms with E-state index in [2.05, 4.69) is 55.7 Å². The number of rotatable bonds is 3. The molecule has 0 fully saturated rings. The summed E-state index contributed by atoms with van der Waals surface area (Å²) in [4.78, 5) is 2.38. The quantitative estimate of drug-likeness (QED) is 0.751. The van der Waals surface area contributed by atoms with Gasteiger partial charge in [0.25, 0.3) is 0 Å². The highest BCUT2D eigenvalue weighted by molar-refractivity contribution is 5.71. The average Bonchev–Trinajstić information content (AvgIpc) is 2.39. The van der Waals surface area contributed by atoms with Crippen molar-refractivity contribution in [2.75, 3.05) is 13.1 Å². The number of hydrogen-bond donors (Lipinski definition) is 0. The van der Waals surface area contributed by atoms with Gasteiger partial charge >= 0.3 is 0 Å². The predicted molar refractivity (Wildman–Crippen MR) is 74.7 cm³/mol. The van der Waals surface area contributed by atoms with Gasteiger partial charge in [-0.1, -0.05) is 49.4 Å². The molecule has 1 aromatic carbocycles. The van der Waals surface area contributed by atoms with Crippen LogP contribution in [0, 0.1) is 0 Å². The molecule has 90 valence electrons. The molecule has 0 amide bonds. The third kappa shape index (κ3) is 2.60. The van der Waals surface area contributed by atoms with Crippen molar-refractivity contribution in [3.05, 3.63) is 53.7 Å². The van der Waals surface area contributed by atoms with Gasteiger partial charge in [-0.2, -0.15) is 0 Å². The molecule has 1 aromatic rings. The first kappa shape index (κ1) is 12.0. The van der Waals surface area contributed by atoms with Crippen LogP contribution in [0.25, 0.3) is 5.57 Å². The maximum absolute atomic E-state index is 4.06. The maximum Gasteiger partial charge on any atom is 0.0431 e. The van der Waals surface area contributed by atoms with E-state index < -0.39 is 0 Å². The van der Waals surface area contributed by atoms with E-state index in [1.807, 2.05) is 0 Å². The second-order valence-corrected chi connectivity index (χ2v) is 4.71. The predicted octanol–water partition coefficient (Wildman–Crippen LogP) is 4.09. The normalized spacial score (nSPS) is 16.2. The largest absolute Gasteiger partial charge is 0.371 e. The molecule has 0 bridgehead atoms. The van der Waals surface area contributed by atoms with Gasteiger partial charge in [-0.15, -0.1) is 0 Å². The summed E-state index contributed by atoms with van der Waals surface area (Å²) >= 11 is 0. The van der Waals surface area contributed by atoms with Gasteiger partial charge in [0, 0.05) is 18.8 Å². The first-order valence-corrected chi connectivity index (χ1v) is 6.39. The molecule has 0 saturated carbocycles. The summed E-state index contributed by atoms with van der Waals surface area (Å²) in [5.41, 5.74) is 5.65. The van der Waals surface area contributed by atoms with Crippen molar-refractivity contribution in [2.45, 2.75) is 26.7 Å². The molecule has 0 atom stereocenters. The maximum atomic E-state index is 4.06. The molecule has 1 nitrogen and oxygen atoms in total. The topological polar surface area (TPSA) is 3.24 Å². The second-order valence-electron chi connectivity index (χ2n) is 4.71. The fourth-order valence-electron chi connectivity index (χ4n) is 2.45. The van der Waals surface area contributed by atoms with Crippen molar-refractivity contribution in [2.24, 2.45) is 0 Å². The summed E-state index contributed by atoms with van der Waals surface area (Å²) < 4.78 is 0. The summed E-state index contributed by atoms with van der Waals surface area (Å²) in [6, 6.07) is 10.7. The Bertz CT molecular complexity index is 428. The van der Waals surface area contributed by atoms with E-state index >= 15 is 0 Å². The second kappa shape index (κ2) is 5.22. The Morgan fingerprint density at radius 1 is 1.29 bits per heavy atom. The Morgan fingerprint density at radius 3 is 2.59 bits per heavy atom. The molecule has 2 rings (SSSR count). The van der Waals surface area contributed by atoms with Crippen LogP contribution in [0.3, 0.4) is 0 Å². The van der Waals surface area contributed by atoms with Crippen LogP contribution in [0.1, 0.15) is 32.3 Å². The van der Waals surface area contributed by atoms with Gasteiger partial charge < -0.3 is 4.90 Å². The molecule has 0 aliphatic carbocycles. The van der Waals surface area contributed by atoms with E-state index in [1.54, 1.807) is 5.57 Å². The lowest BCUT2D eigenvalue weighted by molar-refractivity contribution is 0.376. The van der Waals surface area contributed by atoms with Crippen molar-refractivity contribution in [1.82, 2.24) is 4.90 Å². The summed E-state index contributed by atoms with van der Waals surface area (Å²) in [7, 11) is 0. The van der Waals surface area contributed by atoms with Crippen LogP contribution in [0.15, 0.2) is 48.2 Å². The minimum Gasteiger partial charge on any atom is -0.371 e. The molecule has 0 spiro atoms. The molecular formula is C16H21N. The van der Waals surface area contributed by atoms with E-state index in [0.29, 0.717) is 0 Å². The van der Waals surface area contributed by atoms with Gasteiger partial charge in [0.15, 0.2) is 0 Å². The van der Waals surface area contributed by atoms with Crippen LogP contribution in [0.2, 0.25) is 0 Å². The SMILES string of the molecule is C=C(C)N1CCC(CC)=C(c2ccccc2)C1. The number of allylic oxidation sites excluding steroid dienone is 1. The van der Waals surface area contributed by atoms with Crippen LogP contribution in [-0.4, -0.2) is 18.0 Å².